The van der Waals surface area contributed by atoms with Gasteiger partial charge in [-0.15, -0.1) is 0 Å². The smallest absolute Gasteiger partial charge is 0.0428 e. The lowest BCUT2D eigenvalue weighted by Crippen LogP contribution is -2.21. The molecule has 0 saturated heterocycles. The number of hydrogen-bond donors (Lipinski definition) is 1. The molecule has 0 aliphatic heterocycles. The Kier molecular flexibility index (Phi) is 6.58. The Morgan fingerprint density at radius 2 is 1.78 bits per heavy atom. The number of nitrogens with two attached hydrogens (primary N) is 1. The molecule has 0 amide bonds. The molecule has 2 atom stereocenters. The van der Waals surface area contributed by atoms with Crippen molar-refractivity contribution in [2.45, 2.75) is 39.7 Å². The van der Waals surface area contributed by atoms with Gasteiger partial charge in [-0.05, 0) is 23.5 Å². The Balaban J connectivity index is 2.55. The Labute approximate surface area is 113 Å². The second-order valence-electron chi connectivity index (χ2n) is 5.27. The van der Waals surface area contributed by atoms with Crippen LogP contribution in [0.25, 0.3) is 0 Å². The van der Waals surface area contributed by atoms with Gasteiger partial charge in [0.05, 0.1) is 0 Å². The van der Waals surface area contributed by atoms with E-state index in [1.54, 1.807) is 0 Å². The summed E-state index contributed by atoms with van der Waals surface area (Å²) < 4.78 is 11.8. The van der Waals surface area contributed by atoms with Crippen molar-refractivity contribution >= 4 is 10.8 Å². The summed E-state index contributed by atoms with van der Waals surface area (Å²) in [4.78, 5) is 0. The molecule has 2 unspecified atom stereocenters. The quantitative estimate of drug-likeness (QED) is 0.825. The summed E-state index contributed by atoms with van der Waals surface area (Å²) in [6.07, 6.45) is 2.26. The van der Waals surface area contributed by atoms with Crippen molar-refractivity contribution in [3.8, 4) is 0 Å². The van der Waals surface area contributed by atoms with Crippen LogP contribution in [0.3, 0.4) is 0 Å². The molecule has 2 N–H and O–H groups in total. The predicted molar refractivity (Wildman–Crippen MR) is 80.1 cm³/mol. The molecule has 0 heterocycles. The molecule has 1 aromatic rings. The first kappa shape index (κ1) is 15.4. The van der Waals surface area contributed by atoms with E-state index in [1.807, 2.05) is 0 Å². The number of benzene rings is 1. The van der Waals surface area contributed by atoms with Crippen molar-refractivity contribution < 1.29 is 4.21 Å². The Morgan fingerprint density at radius 1 is 1.17 bits per heavy atom. The molecular weight excluding hydrogens is 242 g/mol. The van der Waals surface area contributed by atoms with Gasteiger partial charge in [0.25, 0.3) is 0 Å². The van der Waals surface area contributed by atoms with Crippen molar-refractivity contribution in [1.29, 1.82) is 0 Å². The van der Waals surface area contributed by atoms with E-state index in [0.29, 0.717) is 11.7 Å². The van der Waals surface area contributed by atoms with E-state index in [9.17, 15) is 4.21 Å². The molecule has 1 rings (SSSR count). The summed E-state index contributed by atoms with van der Waals surface area (Å²) in [6, 6.07) is 8.29. The lowest BCUT2D eigenvalue weighted by molar-refractivity contribution is 0.657. The molecule has 0 radical (unpaired) electrons. The van der Waals surface area contributed by atoms with Crippen LogP contribution in [-0.2, 0) is 17.2 Å². The summed E-state index contributed by atoms with van der Waals surface area (Å²) in [5.74, 6) is 1.76. The first-order chi connectivity index (χ1) is 8.52. The third-order valence-corrected chi connectivity index (χ3v) is 4.60. The highest BCUT2D eigenvalue weighted by Gasteiger charge is 2.11. The summed E-state index contributed by atoms with van der Waals surface area (Å²) >= 11 is 0. The standard InChI is InChI=1S/C15H25NOS/c1-4-5-13-6-8-14(9-7-13)15(16)11-18(17)10-12(2)3/h6-9,12,15H,4-5,10-11,16H2,1-3H3. The summed E-state index contributed by atoms with van der Waals surface area (Å²) in [5, 5.41) is 0. The van der Waals surface area contributed by atoms with Crippen LogP contribution in [0.2, 0.25) is 0 Å². The second kappa shape index (κ2) is 7.70. The normalized spacial score (nSPS) is 14.7. The van der Waals surface area contributed by atoms with E-state index in [0.717, 1.165) is 24.2 Å². The van der Waals surface area contributed by atoms with E-state index in [-0.39, 0.29) is 6.04 Å². The van der Waals surface area contributed by atoms with Gasteiger partial charge in [-0.25, -0.2) is 0 Å². The van der Waals surface area contributed by atoms with Gasteiger partial charge >= 0.3 is 0 Å². The SMILES string of the molecule is CCCc1ccc(C(N)CS(=O)CC(C)C)cc1. The zero-order chi connectivity index (χ0) is 13.5. The fourth-order valence-electron chi connectivity index (χ4n) is 1.96. The van der Waals surface area contributed by atoms with Gasteiger partial charge in [-0.1, -0.05) is 51.5 Å². The molecule has 0 bridgehead atoms. The topological polar surface area (TPSA) is 43.1 Å². The highest BCUT2D eigenvalue weighted by Crippen LogP contribution is 2.14. The van der Waals surface area contributed by atoms with Crippen LogP contribution in [0.15, 0.2) is 24.3 Å². The maximum atomic E-state index is 11.8. The van der Waals surface area contributed by atoms with Gasteiger partial charge in [0.1, 0.15) is 0 Å². The van der Waals surface area contributed by atoms with Crippen LogP contribution in [0, 0.1) is 5.92 Å². The van der Waals surface area contributed by atoms with Crippen LogP contribution in [0.5, 0.6) is 0 Å². The van der Waals surface area contributed by atoms with Crippen LogP contribution in [0.4, 0.5) is 0 Å². The Morgan fingerprint density at radius 3 is 2.28 bits per heavy atom. The lowest BCUT2D eigenvalue weighted by Gasteiger charge is -2.13. The Hall–Kier alpha value is -0.670. The van der Waals surface area contributed by atoms with Gasteiger partial charge in [0.2, 0.25) is 0 Å². The fraction of sp³-hybridized carbons (Fsp3) is 0.600. The predicted octanol–water partition coefficient (Wildman–Crippen LogP) is 3.04. The molecule has 18 heavy (non-hydrogen) atoms. The first-order valence-corrected chi connectivity index (χ1v) is 8.21. The number of hydrogen-bond acceptors (Lipinski definition) is 2. The van der Waals surface area contributed by atoms with Gasteiger partial charge in [-0.3, -0.25) is 4.21 Å². The van der Waals surface area contributed by atoms with E-state index in [2.05, 4.69) is 45.0 Å². The van der Waals surface area contributed by atoms with Crippen molar-refractivity contribution in [3.63, 3.8) is 0 Å². The zero-order valence-corrected chi connectivity index (χ0v) is 12.5. The van der Waals surface area contributed by atoms with Gasteiger partial charge in [0, 0.05) is 28.3 Å². The molecule has 2 nitrogen and oxygen atoms in total. The fourth-order valence-corrected chi connectivity index (χ4v) is 3.43. The van der Waals surface area contributed by atoms with Gasteiger partial charge in [-0.2, -0.15) is 0 Å². The average Bonchev–Trinajstić information content (AvgIpc) is 2.29. The van der Waals surface area contributed by atoms with Crippen LogP contribution < -0.4 is 5.73 Å². The molecule has 102 valence electrons. The van der Waals surface area contributed by atoms with E-state index >= 15 is 0 Å². The molecule has 3 heteroatoms. The molecule has 0 aliphatic carbocycles. The summed E-state index contributed by atoms with van der Waals surface area (Å²) in [5.41, 5.74) is 8.54. The summed E-state index contributed by atoms with van der Waals surface area (Å²) in [6.45, 7) is 6.35. The van der Waals surface area contributed by atoms with Crippen molar-refractivity contribution in [3.05, 3.63) is 35.4 Å². The molecule has 0 aromatic heterocycles. The molecule has 1 aromatic carbocycles. The maximum absolute atomic E-state index is 11.8. The van der Waals surface area contributed by atoms with Crippen molar-refractivity contribution in [2.24, 2.45) is 11.7 Å². The molecule has 0 fully saturated rings. The van der Waals surface area contributed by atoms with Crippen LogP contribution in [-0.4, -0.2) is 15.7 Å². The molecule has 0 aliphatic rings. The first-order valence-electron chi connectivity index (χ1n) is 6.72. The van der Waals surface area contributed by atoms with Crippen molar-refractivity contribution in [2.75, 3.05) is 11.5 Å². The third kappa shape index (κ3) is 5.32. The highest BCUT2D eigenvalue weighted by molar-refractivity contribution is 7.85. The minimum Gasteiger partial charge on any atom is -0.323 e. The highest BCUT2D eigenvalue weighted by atomic mass is 32.2. The Bertz CT molecular complexity index is 373. The van der Waals surface area contributed by atoms with Crippen molar-refractivity contribution in [1.82, 2.24) is 0 Å². The van der Waals surface area contributed by atoms with E-state index in [1.165, 1.54) is 5.56 Å². The monoisotopic (exact) mass is 267 g/mol. The minimum absolute atomic E-state index is 0.111. The number of rotatable bonds is 7. The molecular formula is C15H25NOS. The average molecular weight is 267 g/mol. The second-order valence-corrected chi connectivity index (χ2v) is 6.81. The number of aryl methyl sites for hydroxylation is 1. The minimum atomic E-state index is -0.814. The van der Waals surface area contributed by atoms with Gasteiger partial charge < -0.3 is 5.73 Å². The molecule has 0 spiro atoms. The van der Waals surface area contributed by atoms with Crippen LogP contribution in [0.1, 0.15) is 44.4 Å². The molecule has 0 saturated carbocycles. The van der Waals surface area contributed by atoms with Crippen LogP contribution >= 0.6 is 0 Å². The van der Waals surface area contributed by atoms with E-state index < -0.39 is 10.8 Å². The lowest BCUT2D eigenvalue weighted by atomic mass is 10.0. The summed E-state index contributed by atoms with van der Waals surface area (Å²) in [7, 11) is -0.814. The maximum Gasteiger partial charge on any atom is 0.0428 e. The largest absolute Gasteiger partial charge is 0.323 e. The zero-order valence-electron chi connectivity index (χ0n) is 11.7. The van der Waals surface area contributed by atoms with Gasteiger partial charge in [0.15, 0.2) is 0 Å². The van der Waals surface area contributed by atoms with E-state index in [4.69, 9.17) is 5.73 Å². The third-order valence-electron chi connectivity index (χ3n) is 2.83.